The fourth-order valence-electron chi connectivity index (χ4n) is 2.48. The summed E-state index contributed by atoms with van der Waals surface area (Å²) in [5, 5.41) is 13.3. The topological polar surface area (TPSA) is 76.8 Å². The van der Waals surface area contributed by atoms with Gasteiger partial charge in [0.2, 0.25) is 5.89 Å². The summed E-state index contributed by atoms with van der Waals surface area (Å²) in [6, 6.07) is 5.47. The number of oxazole rings is 1. The molecule has 118 valence electrons. The van der Waals surface area contributed by atoms with Gasteiger partial charge in [-0.1, -0.05) is 0 Å². The third-order valence-corrected chi connectivity index (χ3v) is 3.81. The summed E-state index contributed by atoms with van der Waals surface area (Å²) in [4.78, 5) is 4.52. The van der Waals surface area contributed by atoms with Gasteiger partial charge in [0.1, 0.15) is 5.76 Å². The number of ether oxygens (including phenoxy) is 2. The van der Waals surface area contributed by atoms with Crippen molar-refractivity contribution in [2.24, 2.45) is 0 Å². The van der Waals surface area contributed by atoms with Crippen LogP contribution in [0.4, 0.5) is 0 Å². The number of rotatable bonds is 5. The van der Waals surface area contributed by atoms with Gasteiger partial charge in [-0.05, 0) is 31.5 Å². The number of hydrogen-bond donors (Lipinski definition) is 2. The van der Waals surface area contributed by atoms with Crippen LogP contribution in [-0.2, 0) is 11.3 Å². The van der Waals surface area contributed by atoms with Crippen LogP contribution in [0.5, 0.6) is 11.5 Å². The van der Waals surface area contributed by atoms with Crippen molar-refractivity contribution in [1.29, 1.82) is 0 Å². The highest BCUT2D eigenvalue weighted by Gasteiger charge is 2.17. The van der Waals surface area contributed by atoms with Crippen molar-refractivity contribution < 1.29 is 19.0 Å². The minimum atomic E-state index is 0.0682. The summed E-state index contributed by atoms with van der Waals surface area (Å²) in [7, 11) is 1.51. The Morgan fingerprint density at radius 2 is 2.32 bits per heavy atom. The summed E-state index contributed by atoms with van der Waals surface area (Å²) in [5.74, 6) is 1.76. The number of phenols is 1. The molecule has 0 radical (unpaired) electrons. The van der Waals surface area contributed by atoms with E-state index >= 15 is 0 Å². The van der Waals surface area contributed by atoms with E-state index in [0.717, 1.165) is 36.7 Å². The summed E-state index contributed by atoms with van der Waals surface area (Å²) >= 11 is 0. The van der Waals surface area contributed by atoms with Crippen molar-refractivity contribution in [2.75, 3.05) is 20.3 Å². The first-order valence-electron chi connectivity index (χ1n) is 7.32. The Morgan fingerprint density at radius 3 is 3.00 bits per heavy atom. The molecule has 1 aromatic carbocycles. The highest BCUT2D eigenvalue weighted by atomic mass is 16.5. The summed E-state index contributed by atoms with van der Waals surface area (Å²) in [6.45, 7) is 4.09. The molecule has 1 atom stereocenters. The van der Waals surface area contributed by atoms with E-state index in [1.54, 1.807) is 12.1 Å². The normalized spacial score (nSPS) is 17.8. The molecule has 0 bridgehead atoms. The lowest BCUT2D eigenvalue weighted by molar-refractivity contribution is 0.189. The first kappa shape index (κ1) is 14.9. The third kappa shape index (κ3) is 3.08. The minimum absolute atomic E-state index is 0.0682. The van der Waals surface area contributed by atoms with Gasteiger partial charge in [-0.15, -0.1) is 0 Å². The van der Waals surface area contributed by atoms with E-state index in [1.165, 1.54) is 7.11 Å². The largest absolute Gasteiger partial charge is 0.504 e. The Kier molecular flexibility index (Phi) is 4.31. The molecule has 2 aromatic rings. The predicted octanol–water partition coefficient (Wildman–Crippen LogP) is 2.24. The maximum atomic E-state index is 9.86. The Morgan fingerprint density at radius 1 is 1.45 bits per heavy atom. The molecule has 1 fully saturated rings. The number of aromatic hydroxyl groups is 1. The van der Waals surface area contributed by atoms with E-state index < -0.39 is 0 Å². The van der Waals surface area contributed by atoms with Gasteiger partial charge in [-0.2, -0.15) is 0 Å². The molecule has 3 rings (SSSR count). The zero-order valence-corrected chi connectivity index (χ0v) is 12.8. The molecule has 1 aliphatic rings. The molecule has 1 saturated heterocycles. The molecule has 0 amide bonds. The molecule has 6 heteroatoms. The first-order valence-corrected chi connectivity index (χ1v) is 7.32. The molecule has 0 saturated carbocycles. The highest BCUT2D eigenvalue weighted by molar-refractivity contribution is 5.59. The second-order valence-corrected chi connectivity index (χ2v) is 5.35. The van der Waals surface area contributed by atoms with Crippen LogP contribution in [0.15, 0.2) is 22.6 Å². The molecule has 0 spiro atoms. The van der Waals surface area contributed by atoms with Crippen molar-refractivity contribution in [3.05, 3.63) is 29.7 Å². The fourth-order valence-corrected chi connectivity index (χ4v) is 2.48. The van der Waals surface area contributed by atoms with E-state index in [0.29, 0.717) is 24.2 Å². The zero-order chi connectivity index (χ0) is 15.5. The number of benzene rings is 1. The number of phenolic OH excluding ortho intramolecular Hbond substituents is 1. The van der Waals surface area contributed by atoms with Crippen molar-refractivity contribution in [3.63, 3.8) is 0 Å². The quantitative estimate of drug-likeness (QED) is 0.882. The van der Waals surface area contributed by atoms with Crippen LogP contribution in [0.25, 0.3) is 11.5 Å². The Labute approximate surface area is 129 Å². The van der Waals surface area contributed by atoms with Crippen molar-refractivity contribution in [1.82, 2.24) is 10.3 Å². The maximum absolute atomic E-state index is 9.86. The van der Waals surface area contributed by atoms with E-state index in [1.807, 2.05) is 13.0 Å². The third-order valence-electron chi connectivity index (χ3n) is 3.81. The van der Waals surface area contributed by atoms with Crippen molar-refractivity contribution in [3.8, 4) is 23.0 Å². The lowest BCUT2D eigenvalue weighted by atomic mass is 10.2. The molecular formula is C16H20N2O4. The number of aromatic nitrogens is 1. The van der Waals surface area contributed by atoms with E-state index in [2.05, 4.69) is 10.3 Å². The fraction of sp³-hybridized carbons (Fsp3) is 0.438. The molecule has 2 N–H and O–H groups in total. The molecule has 2 heterocycles. The van der Waals surface area contributed by atoms with E-state index in [4.69, 9.17) is 13.9 Å². The minimum Gasteiger partial charge on any atom is -0.504 e. The van der Waals surface area contributed by atoms with Crippen LogP contribution in [0.2, 0.25) is 0 Å². The van der Waals surface area contributed by atoms with Crippen LogP contribution in [0.3, 0.4) is 0 Å². The molecule has 0 aliphatic carbocycles. The molecule has 1 aromatic heterocycles. The molecule has 1 unspecified atom stereocenters. The Balaban J connectivity index is 1.74. The standard InChI is InChI=1S/C16H20N2O4/c1-10-13(8-17-12-5-6-21-9-12)18-16(22-10)11-3-4-15(20-2)14(19)7-11/h3-4,7,12,17,19H,5-6,8-9H2,1-2H3. The van der Waals surface area contributed by atoms with Gasteiger partial charge >= 0.3 is 0 Å². The van der Waals surface area contributed by atoms with Gasteiger partial charge in [0, 0.05) is 24.8 Å². The van der Waals surface area contributed by atoms with E-state index in [-0.39, 0.29) is 5.75 Å². The second kappa shape index (κ2) is 6.37. The summed E-state index contributed by atoms with van der Waals surface area (Å²) in [5.41, 5.74) is 1.59. The lowest BCUT2D eigenvalue weighted by Crippen LogP contribution is -2.28. The van der Waals surface area contributed by atoms with Gasteiger partial charge < -0.3 is 24.3 Å². The summed E-state index contributed by atoms with van der Waals surface area (Å²) < 4.78 is 16.1. The number of hydrogen-bond acceptors (Lipinski definition) is 6. The average Bonchev–Trinajstić information content (AvgIpc) is 3.14. The van der Waals surface area contributed by atoms with E-state index in [9.17, 15) is 5.11 Å². The molecule has 6 nitrogen and oxygen atoms in total. The van der Waals surface area contributed by atoms with Crippen molar-refractivity contribution in [2.45, 2.75) is 25.9 Å². The number of aryl methyl sites for hydroxylation is 1. The Bertz CT molecular complexity index is 648. The van der Waals surface area contributed by atoms with Gasteiger partial charge in [-0.25, -0.2) is 4.98 Å². The van der Waals surface area contributed by atoms with Crippen LogP contribution in [0.1, 0.15) is 17.9 Å². The predicted molar refractivity (Wildman–Crippen MR) is 81.0 cm³/mol. The molecule has 22 heavy (non-hydrogen) atoms. The van der Waals surface area contributed by atoms with Crippen LogP contribution in [0, 0.1) is 6.92 Å². The number of nitrogens with one attached hydrogen (secondary N) is 1. The highest BCUT2D eigenvalue weighted by Crippen LogP contribution is 2.31. The molecule has 1 aliphatic heterocycles. The second-order valence-electron chi connectivity index (χ2n) is 5.35. The number of methoxy groups -OCH3 is 1. The van der Waals surface area contributed by atoms with Crippen LogP contribution in [-0.4, -0.2) is 36.5 Å². The van der Waals surface area contributed by atoms with Gasteiger partial charge in [-0.3, -0.25) is 0 Å². The monoisotopic (exact) mass is 304 g/mol. The maximum Gasteiger partial charge on any atom is 0.226 e. The van der Waals surface area contributed by atoms with Crippen LogP contribution < -0.4 is 10.1 Å². The first-order chi connectivity index (χ1) is 10.7. The van der Waals surface area contributed by atoms with Gasteiger partial charge in [0.05, 0.1) is 19.4 Å². The summed E-state index contributed by atoms with van der Waals surface area (Å²) in [6.07, 6.45) is 1.02. The molecular weight excluding hydrogens is 284 g/mol. The van der Waals surface area contributed by atoms with Crippen LogP contribution >= 0.6 is 0 Å². The van der Waals surface area contributed by atoms with Gasteiger partial charge in [0.15, 0.2) is 11.5 Å². The number of nitrogens with zero attached hydrogens (tertiary/aromatic N) is 1. The zero-order valence-electron chi connectivity index (χ0n) is 12.8. The smallest absolute Gasteiger partial charge is 0.226 e. The van der Waals surface area contributed by atoms with Gasteiger partial charge in [0.25, 0.3) is 0 Å². The lowest BCUT2D eigenvalue weighted by Gasteiger charge is -2.08. The van der Waals surface area contributed by atoms with Crippen molar-refractivity contribution >= 4 is 0 Å². The average molecular weight is 304 g/mol. The SMILES string of the molecule is COc1ccc(-c2nc(CNC3CCOC3)c(C)o2)cc1O. The Hall–Kier alpha value is -2.05.